The Hall–Kier alpha value is -0.530. The van der Waals surface area contributed by atoms with Gasteiger partial charge in [-0.1, -0.05) is 59.8 Å². The summed E-state index contributed by atoms with van der Waals surface area (Å²) < 4.78 is 0. The summed E-state index contributed by atoms with van der Waals surface area (Å²) in [5.41, 5.74) is 0. The largest absolute Gasteiger partial charge is 0.353 e. The Morgan fingerprint density at radius 2 is 1.72 bits per heavy atom. The zero-order valence-corrected chi connectivity index (χ0v) is 12.7. The van der Waals surface area contributed by atoms with E-state index in [2.05, 4.69) is 33.0 Å². The molecule has 18 heavy (non-hydrogen) atoms. The van der Waals surface area contributed by atoms with Gasteiger partial charge in [0.25, 0.3) is 0 Å². The molecule has 1 N–H and O–H groups in total. The minimum Gasteiger partial charge on any atom is -0.353 e. The normalized spacial score (nSPS) is 19.2. The van der Waals surface area contributed by atoms with E-state index < -0.39 is 0 Å². The maximum atomic E-state index is 11.9. The molecule has 0 radical (unpaired) electrons. The molecule has 1 atom stereocenters. The first-order chi connectivity index (χ1) is 8.49. The zero-order chi connectivity index (χ0) is 13.5. The third-order valence-corrected chi connectivity index (χ3v) is 4.06. The average molecular weight is 253 g/mol. The van der Waals surface area contributed by atoms with Gasteiger partial charge in [0.15, 0.2) is 0 Å². The molecular weight excluding hydrogens is 222 g/mol. The van der Waals surface area contributed by atoms with Crippen LogP contribution < -0.4 is 5.32 Å². The second kappa shape index (κ2) is 7.81. The Morgan fingerprint density at radius 1 is 1.11 bits per heavy atom. The Labute approximate surface area is 113 Å². The highest BCUT2D eigenvalue weighted by atomic mass is 16.1. The SMILES string of the molecule is CC(C)CC(=O)N[C@@H](CC1CCCCC1)C(C)C. The summed E-state index contributed by atoms with van der Waals surface area (Å²) in [6, 6.07) is 0.374. The van der Waals surface area contributed by atoms with E-state index in [4.69, 9.17) is 0 Å². The Morgan fingerprint density at radius 3 is 2.22 bits per heavy atom. The number of carbonyl (C=O) groups is 1. The van der Waals surface area contributed by atoms with Gasteiger partial charge in [-0.2, -0.15) is 0 Å². The molecule has 0 saturated heterocycles. The quantitative estimate of drug-likeness (QED) is 0.757. The lowest BCUT2D eigenvalue weighted by Gasteiger charge is -2.29. The monoisotopic (exact) mass is 253 g/mol. The van der Waals surface area contributed by atoms with Crippen LogP contribution in [0.25, 0.3) is 0 Å². The van der Waals surface area contributed by atoms with Crippen LogP contribution in [0.15, 0.2) is 0 Å². The van der Waals surface area contributed by atoms with Crippen molar-refractivity contribution < 1.29 is 4.79 Å². The fraction of sp³-hybridized carbons (Fsp3) is 0.938. The summed E-state index contributed by atoms with van der Waals surface area (Å²) in [6.45, 7) is 8.66. The van der Waals surface area contributed by atoms with Crippen molar-refractivity contribution in [2.24, 2.45) is 17.8 Å². The molecule has 0 spiro atoms. The van der Waals surface area contributed by atoms with E-state index in [-0.39, 0.29) is 5.91 Å². The molecular formula is C16H31NO. The van der Waals surface area contributed by atoms with Gasteiger partial charge in [0.1, 0.15) is 0 Å². The van der Waals surface area contributed by atoms with Crippen molar-refractivity contribution in [2.45, 2.75) is 78.7 Å². The van der Waals surface area contributed by atoms with Crippen LogP contribution in [0.4, 0.5) is 0 Å². The van der Waals surface area contributed by atoms with Crippen molar-refractivity contribution in [3.8, 4) is 0 Å². The van der Waals surface area contributed by atoms with Gasteiger partial charge in [-0.15, -0.1) is 0 Å². The topological polar surface area (TPSA) is 29.1 Å². The van der Waals surface area contributed by atoms with Gasteiger partial charge in [-0.05, 0) is 24.2 Å². The molecule has 1 aliphatic carbocycles. The van der Waals surface area contributed by atoms with Crippen LogP contribution in [0.1, 0.15) is 72.6 Å². The van der Waals surface area contributed by atoms with E-state index in [1.165, 1.54) is 38.5 Å². The third-order valence-electron chi connectivity index (χ3n) is 4.06. The van der Waals surface area contributed by atoms with Crippen LogP contribution >= 0.6 is 0 Å². The number of carbonyl (C=O) groups excluding carboxylic acids is 1. The molecule has 1 rings (SSSR count). The minimum atomic E-state index is 0.236. The van der Waals surface area contributed by atoms with Gasteiger partial charge in [-0.25, -0.2) is 0 Å². The molecule has 2 nitrogen and oxygen atoms in total. The highest BCUT2D eigenvalue weighted by Crippen LogP contribution is 2.28. The van der Waals surface area contributed by atoms with Gasteiger partial charge in [0.05, 0.1) is 0 Å². The van der Waals surface area contributed by atoms with E-state index in [9.17, 15) is 4.79 Å². The molecule has 0 unspecified atom stereocenters. The molecule has 0 aromatic heterocycles. The third kappa shape index (κ3) is 5.88. The number of hydrogen-bond donors (Lipinski definition) is 1. The van der Waals surface area contributed by atoms with Gasteiger partial charge in [0, 0.05) is 12.5 Å². The van der Waals surface area contributed by atoms with Crippen molar-refractivity contribution >= 4 is 5.91 Å². The smallest absolute Gasteiger partial charge is 0.220 e. The van der Waals surface area contributed by atoms with Crippen molar-refractivity contribution in [2.75, 3.05) is 0 Å². The van der Waals surface area contributed by atoms with Crippen molar-refractivity contribution in [1.29, 1.82) is 0 Å². The molecule has 0 aromatic rings. The molecule has 1 aliphatic rings. The summed E-state index contributed by atoms with van der Waals surface area (Å²) >= 11 is 0. The first kappa shape index (κ1) is 15.5. The number of amides is 1. The fourth-order valence-electron chi connectivity index (χ4n) is 2.92. The van der Waals surface area contributed by atoms with E-state index >= 15 is 0 Å². The molecule has 2 heteroatoms. The fourth-order valence-corrected chi connectivity index (χ4v) is 2.92. The van der Waals surface area contributed by atoms with E-state index in [1.54, 1.807) is 0 Å². The van der Waals surface area contributed by atoms with Crippen LogP contribution in [-0.4, -0.2) is 11.9 Å². The van der Waals surface area contributed by atoms with Gasteiger partial charge in [0.2, 0.25) is 5.91 Å². The number of rotatable bonds is 6. The second-order valence-corrected chi connectivity index (χ2v) is 6.76. The Kier molecular flexibility index (Phi) is 6.73. The highest BCUT2D eigenvalue weighted by molar-refractivity contribution is 5.76. The lowest BCUT2D eigenvalue weighted by molar-refractivity contribution is -0.122. The van der Waals surface area contributed by atoms with Crippen molar-refractivity contribution in [1.82, 2.24) is 5.32 Å². The van der Waals surface area contributed by atoms with Crippen LogP contribution in [0.3, 0.4) is 0 Å². The van der Waals surface area contributed by atoms with E-state index in [0.29, 0.717) is 24.3 Å². The van der Waals surface area contributed by atoms with Crippen molar-refractivity contribution in [3.63, 3.8) is 0 Å². The molecule has 1 fully saturated rings. The van der Waals surface area contributed by atoms with Gasteiger partial charge < -0.3 is 5.32 Å². The summed E-state index contributed by atoms with van der Waals surface area (Å²) in [5.74, 6) is 2.07. The van der Waals surface area contributed by atoms with Crippen molar-refractivity contribution in [3.05, 3.63) is 0 Å². The van der Waals surface area contributed by atoms with Crippen LogP contribution in [0.2, 0.25) is 0 Å². The highest BCUT2D eigenvalue weighted by Gasteiger charge is 2.22. The maximum Gasteiger partial charge on any atom is 0.220 e. The number of hydrogen-bond acceptors (Lipinski definition) is 1. The first-order valence-electron chi connectivity index (χ1n) is 7.78. The second-order valence-electron chi connectivity index (χ2n) is 6.76. The number of nitrogens with one attached hydrogen (secondary N) is 1. The average Bonchev–Trinajstić information content (AvgIpc) is 2.28. The molecule has 106 valence electrons. The minimum absolute atomic E-state index is 0.236. The van der Waals surface area contributed by atoms with E-state index in [1.807, 2.05) is 0 Å². The summed E-state index contributed by atoms with van der Waals surface area (Å²) in [6.07, 6.45) is 8.75. The van der Waals surface area contributed by atoms with Crippen LogP contribution in [0, 0.1) is 17.8 Å². The first-order valence-corrected chi connectivity index (χ1v) is 7.78. The summed E-state index contributed by atoms with van der Waals surface area (Å²) in [4.78, 5) is 11.9. The van der Waals surface area contributed by atoms with Crippen LogP contribution in [0.5, 0.6) is 0 Å². The summed E-state index contributed by atoms with van der Waals surface area (Å²) in [5, 5.41) is 3.26. The van der Waals surface area contributed by atoms with Crippen LogP contribution in [-0.2, 0) is 4.79 Å². The Bertz CT molecular complexity index is 241. The predicted molar refractivity (Wildman–Crippen MR) is 77.4 cm³/mol. The standard InChI is InChI=1S/C16H31NO/c1-12(2)10-16(18)17-15(13(3)4)11-14-8-6-5-7-9-14/h12-15H,5-11H2,1-4H3,(H,17,18)/t15-/m0/s1. The molecule has 0 aliphatic heterocycles. The van der Waals surface area contributed by atoms with Gasteiger partial charge in [-0.3, -0.25) is 4.79 Å². The lowest BCUT2D eigenvalue weighted by atomic mass is 9.82. The predicted octanol–water partition coefficient (Wildman–Crippen LogP) is 4.14. The lowest BCUT2D eigenvalue weighted by Crippen LogP contribution is -2.40. The van der Waals surface area contributed by atoms with Gasteiger partial charge >= 0.3 is 0 Å². The molecule has 1 amide bonds. The summed E-state index contributed by atoms with van der Waals surface area (Å²) in [7, 11) is 0. The molecule has 1 saturated carbocycles. The Balaban J connectivity index is 2.41. The maximum absolute atomic E-state index is 11.9. The zero-order valence-electron chi connectivity index (χ0n) is 12.7. The molecule has 0 heterocycles. The molecule has 0 bridgehead atoms. The molecule has 0 aromatic carbocycles. The van der Waals surface area contributed by atoms with E-state index in [0.717, 1.165) is 5.92 Å².